The van der Waals surface area contributed by atoms with E-state index in [1.807, 2.05) is 54.6 Å². The minimum Gasteiger partial charge on any atom is -0.492 e. The molecule has 0 radical (unpaired) electrons. The first-order chi connectivity index (χ1) is 11.1. The Labute approximate surface area is 145 Å². The topological polar surface area (TPSA) is 55.6 Å². The second-order valence-corrected chi connectivity index (χ2v) is 6.25. The highest BCUT2D eigenvalue weighted by Gasteiger charge is 2.15. The lowest BCUT2D eigenvalue weighted by Gasteiger charge is -2.20. The molecule has 0 aliphatic heterocycles. The van der Waals surface area contributed by atoms with Crippen LogP contribution in [-0.4, -0.2) is 31.0 Å². The van der Waals surface area contributed by atoms with Gasteiger partial charge in [-0.3, -0.25) is 4.79 Å². The molecule has 4 nitrogen and oxygen atoms in total. The maximum Gasteiger partial charge on any atom is 0.224 e. The normalized spacial score (nSPS) is 11.8. The lowest BCUT2D eigenvalue weighted by Crippen LogP contribution is -2.33. The second-order valence-electron chi connectivity index (χ2n) is 5.34. The highest BCUT2D eigenvalue weighted by molar-refractivity contribution is 9.10. The molecule has 122 valence electrons. The van der Waals surface area contributed by atoms with Crippen molar-refractivity contribution in [2.75, 3.05) is 20.2 Å². The summed E-state index contributed by atoms with van der Waals surface area (Å²) in [6.45, 7) is 0.973. The summed E-state index contributed by atoms with van der Waals surface area (Å²) in [5, 5.41) is 0. The van der Waals surface area contributed by atoms with E-state index in [-0.39, 0.29) is 11.9 Å². The van der Waals surface area contributed by atoms with E-state index in [0.29, 0.717) is 19.6 Å². The monoisotopic (exact) mass is 376 g/mol. The number of ether oxygens (including phenoxy) is 1. The van der Waals surface area contributed by atoms with Crippen LogP contribution in [0.5, 0.6) is 5.75 Å². The average molecular weight is 377 g/mol. The van der Waals surface area contributed by atoms with Crippen molar-refractivity contribution in [3.63, 3.8) is 0 Å². The third-order valence-corrected chi connectivity index (χ3v) is 4.09. The van der Waals surface area contributed by atoms with Gasteiger partial charge in [-0.1, -0.05) is 46.3 Å². The molecule has 0 spiro atoms. The molecule has 2 N–H and O–H groups in total. The number of nitrogens with two attached hydrogens (primary N) is 1. The molecule has 0 fully saturated rings. The van der Waals surface area contributed by atoms with E-state index < -0.39 is 0 Å². The fourth-order valence-electron chi connectivity index (χ4n) is 2.12. The van der Waals surface area contributed by atoms with E-state index >= 15 is 0 Å². The van der Waals surface area contributed by atoms with E-state index in [2.05, 4.69) is 15.9 Å². The van der Waals surface area contributed by atoms with Crippen molar-refractivity contribution in [2.24, 2.45) is 5.73 Å². The van der Waals surface area contributed by atoms with Crippen LogP contribution in [0.2, 0.25) is 0 Å². The van der Waals surface area contributed by atoms with Crippen LogP contribution in [0.15, 0.2) is 59.1 Å². The van der Waals surface area contributed by atoms with Gasteiger partial charge in [0.2, 0.25) is 5.91 Å². The smallest absolute Gasteiger partial charge is 0.224 e. The predicted molar refractivity (Wildman–Crippen MR) is 95.3 cm³/mol. The first-order valence-electron chi connectivity index (χ1n) is 7.49. The predicted octanol–water partition coefficient (Wildman–Crippen LogP) is 3.38. The largest absolute Gasteiger partial charge is 0.492 e. The number of amides is 1. The summed E-state index contributed by atoms with van der Waals surface area (Å²) in [6.07, 6.45) is 0.290. The maximum atomic E-state index is 12.2. The van der Waals surface area contributed by atoms with Crippen LogP contribution < -0.4 is 10.5 Å². The molecule has 5 heteroatoms. The summed E-state index contributed by atoms with van der Waals surface area (Å²) in [5.41, 5.74) is 7.06. The Morgan fingerprint density at radius 3 is 2.48 bits per heavy atom. The number of nitrogens with zero attached hydrogens (tertiary/aromatic N) is 1. The molecule has 0 bridgehead atoms. The van der Waals surface area contributed by atoms with E-state index in [0.717, 1.165) is 15.8 Å². The van der Waals surface area contributed by atoms with Gasteiger partial charge < -0.3 is 15.4 Å². The van der Waals surface area contributed by atoms with Crippen LogP contribution in [0.4, 0.5) is 0 Å². The Balaban J connectivity index is 1.75. The van der Waals surface area contributed by atoms with Gasteiger partial charge in [-0.15, -0.1) is 0 Å². The summed E-state index contributed by atoms with van der Waals surface area (Å²) in [5.74, 6) is 0.802. The van der Waals surface area contributed by atoms with Gasteiger partial charge in [-0.25, -0.2) is 0 Å². The molecular formula is C18H21BrN2O2. The zero-order chi connectivity index (χ0) is 16.7. The zero-order valence-corrected chi connectivity index (χ0v) is 14.7. The van der Waals surface area contributed by atoms with E-state index in [1.54, 1.807) is 11.9 Å². The highest BCUT2D eigenvalue weighted by atomic mass is 79.9. The molecule has 0 aliphatic rings. The fourth-order valence-corrected chi connectivity index (χ4v) is 2.38. The number of hydrogen-bond acceptors (Lipinski definition) is 3. The van der Waals surface area contributed by atoms with Crippen molar-refractivity contribution in [1.29, 1.82) is 0 Å². The van der Waals surface area contributed by atoms with Gasteiger partial charge in [0, 0.05) is 24.0 Å². The first-order valence-corrected chi connectivity index (χ1v) is 8.28. The minimum atomic E-state index is -0.279. The van der Waals surface area contributed by atoms with Crippen LogP contribution in [0.1, 0.15) is 18.0 Å². The molecule has 0 aromatic heterocycles. The molecule has 0 aliphatic carbocycles. The van der Waals surface area contributed by atoms with Gasteiger partial charge in [0.15, 0.2) is 0 Å². The van der Waals surface area contributed by atoms with Gasteiger partial charge in [0.25, 0.3) is 0 Å². The quantitative estimate of drug-likeness (QED) is 0.805. The third kappa shape index (κ3) is 5.69. The second kappa shape index (κ2) is 8.70. The summed E-state index contributed by atoms with van der Waals surface area (Å²) in [7, 11) is 1.77. The van der Waals surface area contributed by atoms with Crippen molar-refractivity contribution in [3.05, 3.63) is 64.6 Å². The van der Waals surface area contributed by atoms with Crippen molar-refractivity contribution in [3.8, 4) is 5.75 Å². The van der Waals surface area contributed by atoms with E-state index in [1.165, 1.54) is 0 Å². The SMILES string of the molecule is CN(CCOc1ccc(Br)cc1)C(=O)CC(N)c1ccccc1. The first kappa shape index (κ1) is 17.5. The number of hydrogen-bond donors (Lipinski definition) is 1. The van der Waals surface area contributed by atoms with Gasteiger partial charge in [-0.2, -0.15) is 0 Å². The molecule has 2 rings (SSSR count). The van der Waals surface area contributed by atoms with Crippen LogP contribution in [0, 0.1) is 0 Å². The summed E-state index contributed by atoms with van der Waals surface area (Å²) >= 11 is 3.38. The fraction of sp³-hybridized carbons (Fsp3) is 0.278. The molecule has 23 heavy (non-hydrogen) atoms. The van der Waals surface area contributed by atoms with Crippen LogP contribution in [0.25, 0.3) is 0 Å². The Bertz CT molecular complexity index is 617. The Morgan fingerprint density at radius 2 is 1.83 bits per heavy atom. The van der Waals surface area contributed by atoms with Crippen molar-refractivity contribution >= 4 is 21.8 Å². The minimum absolute atomic E-state index is 0.0146. The number of likely N-dealkylation sites (N-methyl/N-ethyl adjacent to an activating group) is 1. The van der Waals surface area contributed by atoms with Crippen molar-refractivity contribution in [2.45, 2.75) is 12.5 Å². The van der Waals surface area contributed by atoms with Gasteiger partial charge in [0.05, 0.1) is 6.54 Å². The summed E-state index contributed by atoms with van der Waals surface area (Å²) in [6, 6.07) is 17.0. The lowest BCUT2D eigenvalue weighted by molar-refractivity contribution is -0.130. The van der Waals surface area contributed by atoms with E-state index in [4.69, 9.17) is 10.5 Å². The molecule has 2 aromatic carbocycles. The summed E-state index contributed by atoms with van der Waals surface area (Å²) in [4.78, 5) is 13.9. The lowest BCUT2D eigenvalue weighted by atomic mass is 10.0. The number of halogens is 1. The van der Waals surface area contributed by atoms with Crippen molar-refractivity contribution in [1.82, 2.24) is 4.90 Å². The highest BCUT2D eigenvalue weighted by Crippen LogP contribution is 2.16. The molecule has 1 unspecified atom stereocenters. The Kier molecular flexibility index (Phi) is 6.62. The number of carbonyl (C=O) groups excluding carboxylic acids is 1. The average Bonchev–Trinajstić information content (AvgIpc) is 2.57. The Hall–Kier alpha value is -1.85. The number of benzene rings is 2. The third-order valence-electron chi connectivity index (χ3n) is 3.56. The molecule has 1 atom stereocenters. The van der Waals surface area contributed by atoms with Crippen LogP contribution in [0.3, 0.4) is 0 Å². The van der Waals surface area contributed by atoms with Gasteiger partial charge in [-0.05, 0) is 29.8 Å². The molecule has 1 amide bonds. The van der Waals surface area contributed by atoms with Crippen molar-refractivity contribution < 1.29 is 9.53 Å². The maximum absolute atomic E-state index is 12.2. The number of rotatable bonds is 7. The van der Waals surface area contributed by atoms with Crippen LogP contribution in [-0.2, 0) is 4.79 Å². The molecule has 2 aromatic rings. The molecular weight excluding hydrogens is 356 g/mol. The summed E-state index contributed by atoms with van der Waals surface area (Å²) < 4.78 is 6.63. The molecule has 0 heterocycles. The van der Waals surface area contributed by atoms with Gasteiger partial charge in [0.1, 0.15) is 12.4 Å². The number of carbonyl (C=O) groups is 1. The molecule has 0 saturated heterocycles. The van der Waals surface area contributed by atoms with Gasteiger partial charge >= 0.3 is 0 Å². The zero-order valence-electron chi connectivity index (χ0n) is 13.1. The van der Waals surface area contributed by atoms with Crippen LogP contribution >= 0.6 is 15.9 Å². The molecule has 0 saturated carbocycles. The Morgan fingerprint density at radius 1 is 1.17 bits per heavy atom. The standard InChI is InChI=1S/C18H21BrN2O2/c1-21(11-12-23-16-9-7-15(19)8-10-16)18(22)13-17(20)14-5-3-2-4-6-14/h2-10,17H,11-13,20H2,1H3. The van der Waals surface area contributed by atoms with E-state index in [9.17, 15) is 4.79 Å².